The third-order valence-corrected chi connectivity index (χ3v) is 3.71. The molecule has 0 aromatic heterocycles. The second-order valence-electron chi connectivity index (χ2n) is 5.71. The number of para-hydroxylation sites is 1. The first-order valence-electron chi connectivity index (χ1n) is 7.68. The van der Waals surface area contributed by atoms with Gasteiger partial charge in [0.15, 0.2) is 0 Å². The number of likely N-dealkylation sites (N-methyl/N-ethyl adjacent to an activating group) is 1. The molecular formula is C19H22N2O2. The lowest BCUT2D eigenvalue weighted by molar-refractivity contribution is -0.145. The van der Waals surface area contributed by atoms with E-state index in [0.717, 1.165) is 5.56 Å². The Labute approximate surface area is 137 Å². The van der Waals surface area contributed by atoms with Crippen LogP contribution in [-0.2, 0) is 16.1 Å². The van der Waals surface area contributed by atoms with Crippen LogP contribution in [0.25, 0.3) is 0 Å². The molecule has 4 heteroatoms. The number of benzene rings is 2. The molecule has 0 bridgehead atoms. The van der Waals surface area contributed by atoms with Crippen molar-refractivity contribution in [3.8, 4) is 0 Å². The van der Waals surface area contributed by atoms with E-state index >= 15 is 0 Å². The molecule has 0 radical (unpaired) electrons. The molecule has 0 heterocycles. The van der Waals surface area contributed by atoms with Crippen LogP contribution in [0.2, 0.25) is 0 Å². The molecule has 2 aromatic carbocycles. The van der Waals surface area contributed by atoms with Gasteiger partial charge in [-0.25, -0.2) is 0 Å². The first kappa shape index (κ1) is 16.7. The fraction of sp³-hybridized carbons (Fsp3) is 0.263. The van der Waals surface area contributed by atoms with E-state index in [9.17, 15) is 9.59 Å². The van der Waals surface area contributed by atoms with Gasteiger partial charge in [0.05, 0.1) is 0 Å². The maximum atomic E-state index is 12.6. The minimum atomic E-state index is -0.527. The molecule has 0 atom stereocenters. The topological polar surface area (TPSA) is 40.6 Å². The van der Waals surface area contributed by atoms with Crippen molar-refractivity contribution in [3.05, 3.63) is 66.2 Å². The van der Waals surface area contributed by atoms with Crippen LogP contribution in [0.15, 0.2) is 60.7 Å². The second-order valence-corrected chi connectivity index (χ2v) is 5.71. The average Bonchev–Trinajstić information content (AvgIpc) is 2.59. The molecule has 4 nitrogen and oxygen atoms in total. The molecule has 0 fully saturated rings. The Morgan fingerprint density at radius 2 is 1.39 bits per heavy atom. The fourth-order valence-corrected chi connectivity index (χ4v) is 2.30. The predicted octanol–water partition coefficient (Wildman–Crippen LogP) is 3.09. The Kier molecular flexibility index (Phi) is 5.52. The van der Waals surface area contributed by atoms with Gasteiger partial charge in [-0.2, -0.15) is 0 Å². The van der Waals surface area contributed by atoms with E-state index in [4.69, 9.17) is 0 Å². The van der Waals surface area contributed by atoms with Crippen molar-refractivity contribution in [3.63, 3.8) is 0 Å². The van der Waals surface area contributed by atoms with Crippen LogP contribution >= 0.6 is 0 Å². The minimum Gasteiger partial charge on any atom is -0.328 e. The molecule has 0 saturated heterocycles. The van der Waals surface area contributed by atoms with Gasteiger partial charge < -0.3 is 9.80 Å². The molecule has 0 aliphatic carbocycles. The van der Waals surface area contributed by atoms with Crippen LogP contribution in [0.4, 0.5) is 5.69 Å². The molecule has 0 saturated carbocycles. The first-order valence-corrected chi connectivity index (χ1v) is 7.68. The molecule has 23 heavy (non-hydrogen) atoms. The number of carbonyl (C=O) groups excluding carboxylic acids is 2. The molecular weight excluding hydrogens is 288 g/mol. The maximum Gasteiger partial charge on any atom is 0.316 e. The summed E-state index contributed by atoms with van der Waals surface area (Å²) in [5, 5.41) is 0. The van der Waals surface area contributed by atoms with Crippen molar-refractivity contribution >= 4 is 17.5 Å². The average molecular weight is 310 g/mol. The van der Waals surface area contributed by atoms with Gasteiger partial charge in [0.25, 0.3) is 0 Å². The first-order chi connectivity index (χ1) is 11.0. The summed E-state index contributed by atoms with van der Waals surface area (Å²) in [6, 6.07) is 18.8. The minimum absolute atomic E-state index is 0.0594. The zero-order chi connectivity index (χ0) is 16.8. The molecule has 0 aliphatic rings. The lowest BCUT2D eigenvalue weighted by Gasteiger charge is -2.28. The van der Waals surface area contributed by atoms with Gasteiger partial charge >= 0.3 is 11.8 Å². The van der Waals surface area contributed by atoms with E-state index < -0.39 is 11.8 Å². The van der Waals surface area contributed by atoms with Gasteiger partial charge in [-0.05, 0) is 31.5 Å². The Hall–Kier alpha value is -2.62. The molecule has 120 valence electrons. The standard InChI is InChI=1S/C19H22N2O2/c1-15(2)21(14-16-10-6-4-7-11-16)19(23)18(22)20(3)17-12-8-5-9-13-17/h4-13,15H,14H2,1-3H3. The summed E-state index contributed by atoms with van der Waals surface area (Å²) in [6.07, 6.45) is 0. The van der Waals surface area contributed by atoms with Crippen molar-refractivity contribution in [1.82, 2.24) is 4.90 Å². The Morgan fingerprint density at radius 3 is 1.91 bits per heavy atom. The highest BCUT2D eigenvalue weighted by atomic mass is 16.2. The van der Waals surface area contributed by atoms with Gasteiger partial charge in [0.1, 0.15) is 0 Å². The lowest BCUT2D eigenvalue weighted by Crippen LogP contribution is -2.46. The predicted molar refractivity (Wildman–Crippen MR) is 92.0 cm³/mol. The zero-order valence-electron chi connectivity index (χ0n) is 13.8. The highest BCUT2D eigenvalue weighted by Crippen LogP contribution is 2.14. The normalized spacial score (nSPS) is 10.4. The molecule has 2 aromatic rings. The third kappa shape index (κ3) is 4.19. The van der Waals surface area contributed by atoms with E-state index in [1.54, 1.807) is 11.9 Å². The monoisotopic (exact) mass is 310 g/mol. The van der Waals surface area contributed by atoms with E-state index in [0.29, 0.717) is 12.2 Å². The van der Waals surface area contributed by atoms with Crippen molar-refractivity contribution < 1.29 is 9.59 Å². The summed E-state index contributed by atoms with van der Waals surface area (Å²) < 4.78 is 0. The highest BCUT2D eigenvalue weighted by Gasteiger charge is 2.27. The van der Waals surface area contributed by atoms with E-state index in [2.05, 4.69) is 0 Å². The smallest absolute Gasteiger partial charge is 0.316 e. The van der Waals surface area contributed by atoms with Crippen LogP contribution in [-0.4, -0.2) is 29.8 Å². The fourth-order valence-electron chi connectivity index (χ4n) is 2.30. The summed E-state index contributed by atoms with van der Waals surface area (Å²) in [5.74, 6) is -1.02. The van der Waals surface area contributed by atoms with Crippen molar-refractivity contribution in [2.24, 2.45) is 0 Å². The van der Waals surface area contributed by atoms with Crippen LogP contribution in [0.5, 0.6) is 0 Å². The van der Waals surface area contributed by atoms with Gasteiger partial charge in [-0.3, -0.25) is 9.59 Å². The largest absolute Gasteiger partial charge is 0.328 e. The molecule has 2 rings (SSSR count). The van der Waals surface area contributed by atoms with E-state index in [-0.39, 0.29) is 6.04 Å². The number of amides is 2. The van der Waals surface area contributed by atoms with Crippen molar-refractivity contribution in [2.45, 2.75) is 26.4 Å². The second kappa shape index (κ2) is 7.58. The molecule has 0 aliphatic heterocycles. The number of hydrogen-bond donors (Lipinski definition) is 0. The molecule has 0 unspecified atom stereocenters. The van der Waals surface area contributed by atoms with Gasteiger partial charge in [0.2, 0.25) is 0 Å². The number of hydrogen-bond acceptors (Lipinski definition) is 2. The highest BCUT2D eigenvalue weighted by molar-refractivity contribution is 6.40. The summed E-state index contributed by atoms with van der Waals surface area (Å²) in [6.45, 7) is 4.25. The molecule has 0 spiro atoms. The Bertz CT molecular complexity index is 654. The number of rotatable bonds is 4. The molecule has 2 amide bonds. The number of anilines is 1. The van der Waals surface area contributed by atoms with Gasteiger partial charge in [-0.15, -0.1) is 0 Å². The summed E-state index contributed by atoms with van der Waals surface area (Å²) in [5.41, 5.74) is 1.71. The number of carbonyl (C=O) groups is 2. The summed E-state index contributed by atoms with van der Waals surface area (Å²) in [4.78, 5) is 28.1. The SMILES string of the molecule is CC(C)N(Cc1ccccc1)C(=O)C(=O)N(C)c1ccccc1. The van der Waals surface area contributed by atoms with Crippen molar-refractivity contribution in [2.75, 3.05) is 11.9 Å². The van der Waals surface area contributed by atoms with Crippen LogP contribution in [0, 0.1) is 0 Å². The van der Waals surface area contributed by atoms with Crippen LogP contribution in [0.3, 0.4) is 0 Å². The lowest BCUT2D eigenvalue weighted by atomic mass is 10.2. The Balaban J connectivity index is 2.16. The Morgan fingerprint density at radius 1 is 0.870 bits per heavy atom. The zero-order valence-corrected chi connectivity index (χ0v) is 13.8. The van der Waals surface area contributed by atoms with Crippen LogP contribution < -0.4 is 4.90 Å². The van der Waals surface area contributed by atoms with Gasteiger partial charge in [-0.1, -0.05) is 48.5 Å². The number of nitrogens with zero attached hydrogens (tertiary/aromatic N) is 2. The van der Waals surface area contributed by atoms with Crippen LogP contribution in [0.1, 0.15) is 19.4 Å². The quantitative estimate of drug-likeness (QED) is 0.814. The van der Waals surface area contributed by atoms with E-state index in [1.807, 2.05) is 74.5 Å². The third-order valence-electron chi connectivity index (χ3n) is 3.71. The molecule has 0 N–H and O–H groups in total. The van der Waals surface area contributed by atoms with E-state index in [1.165, 1.54) is 4.90 Å². The van der Waals surface area contributed by atoms with Crippen molar-refractivity contribution in [1.29, 1.82) is 0 Å². The summed E-state index contributed by atoms with van der Waals surface area (Å²) >= 11 is 0. The maximum absolute atomic E-state index is 12.6. The summed E-state index contributed by atoms with van der Waals surface area (Å²) in [7, 11) is 1.62. The van der Waals surface area contributed by atoms with Gasteiger partial charge in [0, 0.05) is 25.3 Å².